The van der Waals surface area contributed by atoms with Gasteiger partial charge in [-0.15, -0.1) is 11.8 Å². The van der Waals surface area contributed by atoms with Crippen LogP contribution in [0.15, 0.2) is 132 Å². The third-order valence-electron chi connectivity index (χ3n) is 6.75. The summed E-state index contributed by atoms with van der Waals surface area (Å²) in [6.45, 7) is 1.79. The van der Waals surface area contributed by atoms with E-state index in [9.17, 15) is 24.5 Å². The first-order chi connectivity index (χ1) is 21.8. The summed E-state index contributed by atoms with van der Waals surface area (Å²) in [7, 11) is 0. The summed E-state index contributed by atoms with van der Waals surface area (Å²) < 4.78 is 0. The number of rotatable bonds is 10. The van der Waals surface area contributed by atoms with Gasteiger partial charge >= 0.3 is 0 Å². The van der Waals surface area contributed by atoms with Crippen molar-refractivity contribution < 1.29 is 19.3 Å². The molecule has 9 nitrogen and oxygen atoms in total. The quantitative estimate of drug-likeness (QED) is 0.0654. The van der Waals surface area contributed by atoms with Gasteiger partial charge in [0.25, 0.3) is 17.5 Å². The minimum absolute atomic E-state index is 0.150. The number of hydrogen-bond acceptors (Lipinski definition) is 6. The number of anilines is 2. The molecule has 0 aromatic heterocycles. The van der Waals surface area contributed by atoms with E-state index >= 15 is 0 Å². The lowest BCUT2D eigenvalue weighted by atomic mass is 10.1. The number of fused-ring (bicyclic) bond motifs is 1. The molecule has 0 aliphatic rings. The molecule has 0 bridgehead atoms. The van der Waals surface area contributed by atoms with Crippen molar-refractivity contribution >= 4 is 63.4 Å². The lowest BCUT2D eigenvalue weighted by Gasteiger charge is -2.14. The molecule has 0 heterocycles. The van der Waals surface area contributed by atoms with E-state index in [-0.39, 0.29) is 22.9 Å². The van der Waals surface area contributed by atoms with E-state index in [2.05, 4.69) is 16.0 Å². The maximum Gasteiger partial charge on any atom is 0.276 e. The Balaban J connectivity index is 1.31. The summed E-state index contributed by atoms with van der Waals surface area (Å²) in [5.41, 5.74) is 1.17. The van der Waals surface area contributed by atoms with Crippen LogP contribution >= 0.6 is 11.8 Å². The molecule has 5 rings (SSSR count). The topological polar surface area (TPSA) is 130 Å². The summed E-state index contributed by atoms with van der Waals surface area (Å²) in [6, 6.07) is 34.8. The third kappa shape index (κ3) is 8.01. The molecule has 5 aromatic rings. The standard InChI is InChI=1S/C35H28N4O5S/c1-23(33(40)36-29-19-18-24-10-5-6-13-26(24)20-29)45-30-16-9-15-28(22-30)37-35(42)31(38-34(41)25-11-3-2-4-12-25)21-27-14-7-8-17-32(27)39(43)44/h2-23H,1H3,(H,36,40)(H,37,42)(H,38,41)/b31-21+. The Bertz CT molecular complexity index is 1930. The van der Waals surface area contributed by atoms with Gasteiger partial charge in [0.2, 0.25) is 5.91 Å². The average Bonchev–Trinajstić information content (AvgIpc) is 3.05. The van der Waals surface area contributed by atoms with Gasteiger partial charge in [-0.1, -0.05) is 66.7 Å². The van der Waals surface area contributed by atoms with Crippen molar-refractivity contribution in [3.8, 4) is 0 Å². The number of carbonyl (C=O) groups excluding carboxylic acids is 3. The van der Waals surface area contributed by atoms with Gasteiger partial charge in [0, 0.05) is 27.9 Å². The first-order valence-corrected chi connectivity index (χ1v) is 14.8. The Labute approximate surface area is 263 Å². The number of nitrogens with one attached hydrogen (secondary N) is 3. The highest BCUT2D eigenvalue weighted by molar-refractivity contribution is 8.00. The van der Waals surface area contributed by atoms with E-state index in [0.717, 1.165) is 15.7 Å². The fraction of sp³-hybridized carbons (Fsp3) is 0.0571. The Kier molecular flexibility index (Phi) is 9.66. The highest BCUT2D eigenvalue weighted by Gasteiger charge is 2.19. The van der Waals surface area contributed by atoms with E-state index in [1.807, 2.05) is 48.5 Å². The third-order valence-corrected chi connectivity index (χ3v) is 7.85. The number of benzene rings is 5. The number of para-hydroxylation sites is 1. The van der Waals surface area contributed by atoms with Crippen molar-refractivity contribution in [1.82, 2.24) is 5.32 Å². The summed E-state index contributed by atoms with van der Waals surface area (Å²) >= 11 is 1.32. The van der Waals surface area contributed by atoms with Crippen LogP contribution in [0.1, 0.15) is 22.8 Å². The van der Waals surface area contributed by atoms with Crippen LogP contribution in [0.3, 0.4) is 0 Å². The van der Waals surface area contributed by atoms with Gasteiger partial charge in [0.05, 0.1) is 15.7 Å². The highest BCUT2D eigenvalue weighted by Crippen LogP contribution is 2.28. The lowest BCUT2D eigenvalue weighted by molar-refractivity contribution is -0.385. The van der Waals surface area contributed by atoms with Crippen molar-refractivity contribution in [3.05, 3.63) is 148 Å². The van der Waals surface area contributed by atoms with Crippen molar-refractivity contribution in [2.24, 2.45) is 0 Å². The second-order valence-electron chi connectivity index (χ2n) is 9.99. The molecule has 0 saturated carbocycles. The number of amides is 3. The summed E-state index contributed by atoms with van der Waals surface area (Å²) in [4.78, 5) is 51.2. The molecule has 0 saturated heterocycles. The van der Waals surface area contributed by atoms with Crippen molar-refractivity contribution in [2.75, 3.05) is 10.6 Å². The predicted octanol–water partition coefficient (Wildman–Crippen LogP) is 7.28. The van der Waals surface area contributed by atoms with E-state index in [0.29, 0.717) is 16.9 Å². The minimum atomic E-state index is -0.679. The molecule has 1 atom stereocenters. The number of nitrogens with zero attached hydrogens (tertiary/aromatic N) is 1. The monoisotopic (exact) mass is 616 g/mol. The molecule has 0 fully saturated rings. The Morgan fingerprint density at radius 3 is 2.22 bits per heavy atom. The lowest BCUT2D eigenvalue weighted by Crippen LogP contribution is -2.30. The minimum Gasteiger partial charge on any atom is -0.325 e. The molecule has 1 unspecified atom stereocenters. The van der Waals surface area contributed by atoms with Gasteiger partial charge < -0.3 is 16.0 Å². The first-order valence-electron chi connectivity index (χ1n) is 14.0. The Morgan fingerprint density at radius 1 is 0.756 bits per heavy atom. The molecule has 5 aromatic carbocycles. The van der Waals surface area contributed by atoms with Crippen LogP contribution in [0.25, 0.3) is 16.8 Å². The molecule has 3 amide bonds. The second kappa shape index (κ2) is 14.2. The zero-order valence-electron chi connectivity index (χ0n) is 24.1. The van der Waals surface area contributed by atoms with E-state index < -0.39 is 22.0 Å². The number of hydrogen-bond donors (Lipinski definition) is 3. The average molecular weight is 617 g/mol. The molecule has 0 aliphatic heterocycles. The van der Waals surface area contributed by atoms with Crippen LogP contribution in [0.4, 0.5) is 17.1 Å². The zero-order valence-corrected chi connectivity index (χ0v) is 24.9. The van der Waals surface area contributed by atoms with Crippen molar-refractivity contribution in [1.29, 1.82) is 0 Å². The Morgan fingerprint density at radius 2 is 1.44 bits per heavy atom. The number of thioether (sulfide) groups is 1. The molecule has 45 heavy (non-hydrogen) atoms. The van der Waals surface area contributed by atoms with Gasteiger partial charge in [-0.3, -0.25) is 24.5 Å². The molecule has 0 aliphatic carbocycles. The van der Waals surface area contributed by atoms with Crippen LogP contribution in [0.5, 0.6) is 0 Å². The second-order valence-corrected chi connectivity index (χ2v) is 11.4. The largest absolute Gasteiger partial charge is 0.325 e. The summed E-state index contributed by atoms with van der Waals surface area (Å²) in [5.74, 6) is -1.41. The van der Waals surface area contributed by atoms with Crippen molar-refractivity contribution in [3.63, 3.8) is 0 Å². The van der Waals surface area contributed by atoms with Crippen LogP contribution < -0.4 is 16.0 Å². The van der Waals surface area contributed by atoms with E-state index in [4.69, 9.17) is 0 Å². The molecule has 224 valence electrons. The maximum atomic E-state index is 13.5. The van der Waals surface area contributed by atoms with Gasteiger partial charge in [-0.05, 0) is 72.3 Å². The molecule has 10 heteroatoms. The van der Waals surface area contributed by atoms with Gasteiger partial charge in [-0.2, -0.15) is 0 Å². The molecular formula is C35H28N4O5S. The van der Waals surface area contributed by atoms with Gasteiger partial charge in [-0.25, -0.2) is 0 Å². The molecule has 3 N–H and O–H groups in total. The van der Waals surface area contributed by atoms with E-state index in [1.165, 1.54) is 36.0 Å². The zero-order chi connectivity index (χ0) is 31.8. The van der Waals surface area contributed by atoms with E-state index in [1.54, 1.807) is 61.5 Å². The highest BCUT2D eigenvalue weighted by atomic mass is 32.2. The Hall–Kier alpha value is -5.74. The molecular weight excluding hydrogens is 588 g/mol. The van der Waals surface area contributed by atoms with Crippen molar-refractivity contribution in [2.45, 2.75) is 17.1 Å². The fourth-order valence-electron chi connectivity index (χ4n) is 4.49. The SMILES string of the molecule is CC(Sc1cccc(NC(=O)/C(=C\c2ccccc2[N+](=O)[O-])NC(=O)c2ccccc2)c1)C(=O)Nc1ccc2ccccc2c1. The van der Waals surface area contributed by atoms with Crippen LogP contribution in [0.2, 0.25) is 0 Å². The van der Waals surface area contributed by atoms with Gasteiger partial charge in [0.15, 0.2) is 0 Å². The van der Waals surface area contributed by atoms with Crippen LogP contribution in [-0.2, 0) is 9.59 Å². The number of nitro groups is 1. The normalized spacial score (nSPS) is 11.8. The smallest absolute Gasteiger partial charge is 0.276 e. The summed E-state index contributed by atoms with van der Waals surface area (Å²) in [5, 5.41) is 21.6. The molecule has 0 radical (unpaired) electrons. The summed E-state index contributed by atoms with van der Waals surface area (Å²) in [6.07, 6.45) is 1.27. The van der Waals surface area contributed by atoms with Gasteiger partial charge in [0.1, 0.15) is 5.70 Å². The number of carbonyl (C=O) groups is 3. The fourth-order valence-corrected chi connectivity index (χ4v) is 5.41. The first kappa shape index (κ1) is 30.7. The molecule has 0 spiro atoms. The number of nitro benzene ring substituents is 1. The van der Waals surface area contributed by atoms with Crippen LogP contribution in [-0.4, -0.2) is 27.9 Å². The predicted molar refractivity (Wildman–Crippen MR) is 178 cm³/mol. The van der Waals surface area contributed by atoms with Crippen LogP contribution in [0, 0.1) is 10.1 Å². The maximum absolute atomic E-state index is 13.5.